The van der Waals surface area contributed by atoms with Gasteiger partial charge in [0, 0.05) is 13.0 Å². The first-order valence-corrected chi connectivity index (χ1v) is 6.02. The smallest absolute Gasteiger partial charge is 0.303 e. The first-order chi connectivity index (χ1) is 7.18. The van der Waals surface area contributed by atoms with Gasteiger partial charge in [-0.2, -0.15) is 0 Å². The van der Waals surface area contributed by atoms with E-state index in [4.69, 9.17) is 9.84 Å². The van der Waals surface area contributed by atoms with Crippen molar-refractivity contribution in [1.29, 1.82) is 0 Å². The predicted molar refractivity (Wildman–Crippen MR) is 58.9 cm³/mol. The lowest BCUT2D eigenvalue weighted by Crippen LogP contribution is -2.21. The quantitative estimate of drug-likeness (QED) is 0.691. The molecule has 0 saturated heterocycles. The van der Waals surface area contributed by atoms with Crippen LogP contribution in [0.5, 0.6) is 0 Å². The Morgan fingerprint density at radius 2 is 2.20 bits per heavy atom. The van der Waals surface area contributed by atoms with E-state index in [1.54, 1.807) is 0 Å². The number of carbonyl (C=O) groups is 1. The second-order valence-electron chi connectivity index (χ2n) is 4.62. The minimum atomic E-state index is -0.707. The summed E-state index contributed by atoms with van der Waals surface area (Å²) in [6.07, 6.45) is 7.28. The van der Waals surface area contributed by atoms with E-state index in [1.165, 1.54) is 25.7 Å². The Kier molecular flexibility index (Phi) is 5.69. The number of carboxylic acids is 1. The summed E-state index contributed by atoms with van der Waals surface area (Å²) in [4.78, 5) is 10.3. The molecule has 2 atom stereocenters. The van der Waals surface area contributed by atoms with Crippen molar-refractivity contribution in [2.45, 2.75) is 58.0 Å². The SMILES string of the molecule is CC1CCCC(OCCCCC(=O)O)C1. The zero-order chi connectivity index (χ0) is 11.1. The van der Waals surface area contributed by atoms with Crippen LogP contribution in [0, 0.1) is 5.92 Å². The molecular formula is C12H22O3. The Labute approximate surface area is 91.8 Å². The Balaban J connectivity index is 1.97. The molecule has 1 aliphatic carbocycles. The fourth-order valence-electron chi connectivity index (χ4n) is 2.16. The maximum absolute atomic E-state index is 10.3. The average molecular weight is 214 g/mol. The molecule has 1 fully saturated rings. The molecule has 0 amide bonds. The summed E-state index contributed by atoms with van der Waals surface area (Å²) in [6.45, 7) is 3.00. The number of hydrogen-bond donors (Lipinski definition) is 1. The molecule has 0 heterocycles. The average Bonchev–Trinajstić information content (AvgIpc) is 2.17. The third kappa shape index (κ3) is 5.78. The Morgan fingerprint density at radius 3 is 2.87 bits per heavy atom. The maximum Gasteiger partial charge on any atom is 0.303 e. The highest BCUT2D eigenvalue weighted by Gasteiger charge is 2.18. The second kappa shape index (κ2) is 6.83. The van der Waals surface area contributed by atoms with Crippen LogP contribution in [0.1, 0.15) is 51.9 Å². The lowest BCUT2D eigenvalue weighted by Gasteiger charge is -2.26. The summed E-state index contributed by atoms with van der Waals surface area (Å²) in [5, 5.41) is 8.46. The normalized spacial score (nSPS) is 26.5. The molecule has 1 rings (SSSR count). The first kappa shape index (κ1) is 12.5. The van der Waals surface area contributed by atoms with Gasteiger partial charge >= 0.3 is 5.97 Å². The van der Waals surface area contributed by atoms with Gasteiger partial charge in [0.15, 0.2) is 0 Å². The summed E-state index contributed by atoms with van der Waals surface area (Å²) in [5.74, 6) is 0.0871. The van der Waals surface area contributed by atoms with Crippen molar-refractivity contribution < 1.29 is 14.6 Å². The minimum absolute atomic E-state index is 0.268. The third-order valence-corrected chi connectivity index (χ3v) is 3.03. The molecular weight excluding hydrogens is 192 g/mol. The van der Waals surface area contributed by atoms with Crippen molar-refractivity contribution >= 4 is 5.97 Å². The van der Waals surface area contributed by atoms with Crippen molar-refractivity contribution in [1.82, 2.24) is 0 Å². The van der Waals surface area contributed by atoms with E-state index in [0.29, 0.717) is 6.10 Å². The van der Waals surface area contributed by atoms with E-state index in [-0.39, 0.29) is 6.42 Å². The lowest BCUT2D eigenvalue weighted by atomic mass is 9.89. The van der Waals surface area contributed by atoms with Crippen LogP contribution in [0.2, 0.25) is 0 Å². The molecule has 1 N–H and O–H groups in total. The number of carboxylic acid groups (broad SMARTS) is 1. The van der Waals surface area contributed by atoms with Crippen molar-refractivity contribution in [3.05, 3.63) is 0 Å². The van der Waals surface area contributed by atoms with Crippen LogP contribution < -0.4 is 0 Å². The molecule has 0 bridgehead atoms. The largest absolute Gasteiger partial charge is 0.481 e. The highest BCUT2D eigenvalue weighted by atomic mass is 16.5. The maximum atomic E-state index is 10.3. The molecule has 15 heavy (non-hydrogen) atoms. The van der Waals surface area contributed by atoms with Crippen LogP contribution in [0.4, 0.5) is 0 Å². The van der Waals surface area contributed by atoms with Gasteiger partial charge in [-0.25, -0.2) is 0 Å². The van der Waals surface area contributed by atoms with Gasteiger partial charge in [0.05, 0.1) is 6.10 Å². The summed E-state index contributed by atoms with van der Waals surface area (Å²) in [5.41, 5.74) is 0. The summed E-state index contributed by atoms with van der Waals surface area (Å²) in [7, 11) is 0. The lowest BCUT2D eigenvalue weighted by molar-refractivity contribution is -0.137. The van der Waals surface area contributed by atoms with Crippen LogP contribution in [-0.4, -0.2) is 23.8 Å². The van der Waals surface area contributed by atoms with Gasteiger partial charge in [-0.05, 0) is 31.6 Å². The summed E-state index contributed by atoms with van der Waals surface area (Å²) < 4.78 is 5.74. The van der Waals surface area contributed by atoms with E-state index in [1.807, 2.05) is 0 Å². The van der Waals surface area contributed by atoms with Crippen molar-refractivity contribution in [3.63, 3.8) is 0 Å². The van der Waals surface area contributed by atoms with Gasteiger partial charge in [0.25, 0.3) is 0 Å². The number of unbranched alkanes of at least 4 members (excludes halogenated alkanes) is 1. The van der Waals surface area contributed by atoms with Crippen LogP contribution >= 0.6 is 0 Å². The molecule has 0 aliphatic heterocycles. The molecule has 2 unspecified atom stereocenters. The fourth-order valence-corrected chi connectivity index (χ4v) is 2.16. The summed E-state index contributed by atoms with van der Waals surface area (Å²) in [6, 6.07) is 0. The topological polar surface area (TPSA) is 46.5 Å². The van der Waals surface area contributed by atoms with E-state index in [2.05, 4.69) is 6.92 Å². The molecule has 0 aromatic heterocycles. The van der Waals surface area contributed by atoms with Gasteiger partial charge in [0.2, 0.25) is 0 Å². The molecule has 1 saturated carbocycles. The molecule has 0 aromatic rings. The molecule has 88 valence electrons. The Hall–Kier alpha value is -0.570. The van der Waals surface area contributed by atoms with E-state index in [9.17, 15) is 4.79 Å². The van der Waals surface area contributed by atoms with Gasteiger partial charge < -0.3 is 9.84 Å². The standard InChI is InChI=1S/C12H22O3/c1-10-5-4-6-11(9-10)15-8-3-2-7-12(13)14/h10-11H,2-9H2,1H3,(H,13,14). The van der Waals surface area contributed by atoms with E-state index < -0.39 is 5.97 Å². The molecule has 0 radical (unpaired) electrons. The summed E-state index contributed by atoms with van der Waals surface area (Å²) >= 11 is 0. The van der Waals surface area contributed by atoms with Gasteiger partial charge in [0.1, 0.15) is 0 Å². The minimum Gasteiger partial charge on any atom is -0.481 e. The van der Waals surface area contributed by atoms with Crippen molar-refractivity contribution in [2.75, 3.05) is 6.61 Å². The van der Waals surface area contributed by atoms with Gasteiger partial charge in [-0.3, -0.25) is 4.79 Å². The number of ether oxygens (including phenoxy) is 1. The molecule has 1 aliphatic rings. The van der Waals surface area contributed by atoms with E-state index >= 15 is 0 Å². The number of hydrogen-bond acceptors (Lipinski definition) is 2. The molecule has 3 heteroatoms. The fraction of sp³-hybridized carbons (Fsp3) is 0.917. The number of rotatable bonds is 6. The highest BCUT2D eigenvalue weighted by Crippen LogP contribution is 2.25. The molecule has 0 spiro atoms. The van der Waals surface area contributed by atoms with Crippen LogP contribution in [0.3, 0.4) is 0 Å². The van der Waals surface area contributed by atoms with E-state index in [0.717, 1.165) is 25.4 Å². The molecule has 0 aromatic carbocycles. The van der Waals surface area contributed by atoms with Crippen molar-refractivity contribution in [3.8, 4) is 0 Å². The van der Waals surface area contributed by atoms with Gasteiger partial charge in [-0.15, -0.1) is 0 Å². The predicted octanol–water partition coefficient (Wildman–Crippen LogP) is 2.84. The Bertz CT molecular complexity index is 191. The zero-order valence-corrected chi connectivity index (χ0v) is 9.58. The van der Waals surface area contributed by atoms with Gasteiger partial charge in [-0.1, -0.05) is 19.8 Å². The van der Waals surface area contributed by atoms with Crippen LogP contribution in [-0.2, 0) is 9.53 Å². The Morgan fingerprint density at radius 1 is 1.40 bits per heavy atom. The zero-order valence-electron chi connectivity index (χ0n) is 9.58. The monoisotopic (exact) mass is 214 g/mol. The first-order valence-electron chi connectivity index (χ1n) is 6.02. The second-order valence-corrected chi connectivity index (χ2v) is 4.62. The van der Waals surface area contributed by atoms with Crippen LogP contribution in [0.25, 0.3) is 0 Å². The van der Waals surface area contributed by atoms with Crippen LogP contribution in [0.15, 0.2) is 0 Å². The number of aliphatic carboxylic acids is 1. The highest BCUT2D eigenvalue weighted by molar-refractivity contribution is 5.66. The third-order valence-electron chi connectivity index (χ3n) is 3.03. The van der Waals surface area contributed by atoms with Crippen molar-refractivity contribution in [2.24, 2.45) is 5.92 Å². The molecule has 3 nitrogen and oxygen atoms in total.